The third-order valence-corrected chi connectivity index (χ3v) is 11.9. The molecule has 3 amide bonds. The Bertz CT molecular complexity index is 948. The minimum Gasteiger partial charge on any atom is -0.480 e. The highest BCUT2D eigenvalue weighted by Crippen LogP contribution is 2.68. The number of fused-ring (bicyclic) bond motifs is 5. The predicted molar refractivity (Wildman–Crippen MR) is 149 cm³/mol. The Morgan fingerprint density at radius 1 is 1.00 bits per heavy atom. The average Bonchev–Trinajstić information content (AvgIpc) is 3.24. The van der Waals surface area contributed by atoms with Crippen molar-refractivity contribution < 1.29 is 34.8 Å². The van der Waals surface area contributed by atoms with Crippen LogP contribution in [0.15, 0.2) is 0 Å². The van der Waals surface area contributed by atoms with Crippen LogP contribution in [0.3, 0.4) is 0 Å². The quantitative estimate of drug-likeness (QED) is 0.198. The second-order valence-electron chi connectivity index (χ2n) is 13.9. The number of hydrogen-bond acceptors (Lipinski definition) is 6. The van der Waals surface area contributed by atoms with Crippen molar-refractivity contribution in [3.8, 4) is 0 Å². The van der Waals surface area contributed by atoms with Crippen LogP contribution >= 0.6 is 0 Å². The van der Waals surface area contributed by atoms with E-state index < -0.39 is 30.3 Å². The minimum atomic E-state index is -1.11. The molecule has 12 unspecified atom stereocenters. The van der Waals surface area contributed by atoms with Crippen LogP contribution in [0.5, 0.6) is 0 Å². The Hall–Kier alpha value is -1.91. The lowest BCUT2D eigenvalue weighted by Gasteiger charge is -2.63. The van der Waals surface area contributed by atoms with Crippen LogP contribution < -0.4 is 16.4 Å². The van der Waals surface area contributed by atoms with Crippen LogP contribution in [-0.4, -0.2) is 69.2 Å². The molecule has 0 saturated heterocycles. The number of amides is 3. The number of aliphatic hydroxyl groups is 3. The molecule has 10 heteroatoms. The number of aliphatic hydroxyl groups excluding tert-OH is 3. The number of nitrogens with two attached hydrogens (primary N) is 1. The summed E-state index contributed by atoms with van der Waals surface area (Å²) < 4.78 is 0. The molecule has 10 nitrogen and oxygen atoms in total. The van der Waals surface area contributed by atoms with Crippen LogP contribution in [-0.2, 0) is 9.59 Å². The number of carbonyl (C=O) groups is 3. The molecular weight excluding hydrogens is 514 g/mol. The van der Waals surface area contributed by atoms with Crippen molar-refractivity contribution >= 4 is 17.9 Å². The van der Waals surface area contributed by atoms with Gasteiger partial charge >= 0.3 is 12.0 Å². The molecule has 0 heterocycles. The van der Waals surface area contributed by atoms with Gasteiger partial charge in [0.25, 0.3) is 0 Å². The first-order valence-electron chi connectivity index (χ1n) is 15.4. The molecule has 4 aliphatic carbocycles. The normalized spacial score (nSPS) is 42.0. The fourth-order valence-corrected chi connectivity index (χ4v) is 9.73. The molecule has 0 aromatic rings. The van der Waals surface area contributed by atoms with E-state index in [2.05, 4.69) is 31.4 Å². The molecule has 8 N–H and O–H groups in total. The van der Waals surface area contributed by atoms with Crippen LogP contribution in [0.2, 0.25) is 0 Å². The highest BCUT2D eigenvalue weighted by molar-refractivity contribution is 5.83. The zero-order chi connectivity index (χ0) is 29.4. The maximum Gasteiger partial charge on any atom is 0.326 e. The fourth-order valence-electron chi connectivity index (χ4n) is 9.73. The summed E-state index contributed by atoms with van der Waals surface area (Å²) in [4.78, 5) is 35.1. The van der Waals surface area contributed by atoms with Crippen molar-refractivity contribution in [2.75, 3.05) is 6.54 Å². The number of primary amides is 1. The molecule has 4 saturated carbocycles. The molecule has 0 spiro atoms. The zero-order valence-electron chi connectivity index (χ0n) is 24.3. The fraction of sp³-hybridized carbons (Fsp3) is 0.900. The van der Waals surface area contributed by atoms with Crippen LogP contribution in [0.25, 0.3) is 0 Å². The van der Waals surface area contributed by atoms with Crippen LogP contribution in [0, 0.1) is 46.3 Å². The first-order valence-corrected chi connectivity index (χ1v) is 15.4. The van der Waals surface area contributed by atoms with Gasteiger partial charge in [0.05, 0.1) is 18.3 Å². The summed E-state index contributed by atoms with van der Waals surface area (Å²) in [7, 11) is 0. The molecule has 0 bridgehead atoms. The van der Waals surface area contributed by atoms with Gasteiger partial charge in [0.15, 0.2) is 0 Å². The first-order chi connectivity index (χ1) is 18.8. The lowest BCUT2D eigenvalue weighted by Crippen LogP contribution is -2.62. The smallest absolute Gasteiger partial charge is 0.326 e. The van der Waals surface area contributed by atoms with Gasteiger partial charge in [-0.1, -0.05) is 20.8 Å². The Labute approximate surface area is 237 Å². The van der Waals surface area contributed by atoms with Crippen molar-refractivity contribution in [1.29, 1.82) is 0 Å². The lowest BCUT2D eigenvalue weighted by molar-refractivity contribution is -0.207. The number of rotatable bonds is 10. The van der Waals surface area contributed by atoms with Crippen molar-refractivity contribution in [2.24, 2.45) is 52.1 Å². The topological polar surface area (TPSA) is 182 Å². The first kappa shape index (κ1) is 31.0. The SMILES string of the molecule is CC(CCC(=O)NC(CCCNC(N)=O)C(=O)O)C1CCC2C3C(O)CC4CC(O)CCC4(C)C3CC(O)C12C. The van der Waals surface area contributed by atoms with Crippen molar-refractivity contribution in [1.82, 2.24) is 10.6 Å². The Morgan fingerprint density at radius 3 is 2.40 bits per heavy atom. The molecule has 228 valence electrons. The van der Waals surface area contributed by atoms with Gasteiger partial charge in [0.1, 0.15) is 6.04 Å². The summed E-state index contributed by atoms with van der Waals surface area (Å²) >= 11 is 0. The number of urea groups is 1. The highest BCUT2D eigenvalue weighted by atomic mass is 16.4. The molecule has 0 radical (unpaired) electrons. The Morgan fingerprint density at radius 2 is 1.73 bits per heavy atom. The minimum absolute atomic E-state index is 0.0316. The van der Waals surface area contributed by atoms with E-state index in [0.29, 0.717) is 19.3 Å². The van der Waals surface area contributed by atoms with Crippen molar-refractivity contribution in [2.45, 2.75) is 116 Å². The van der Waals surface area contributed by atoms with Crippen molar-refractivity contribution in [3.63, 3.8) is 0 Å². The van der Waals surface area contributed by atoms with E-state index >= 15 is 0 Å². The number of carboxylic acids is 1. The average molecular weight is 566 g/mol. The van der Waals surface area contributed by atoms with Gasteiger partial charge in [0.2, 0.25) is 5.91 Å². The number of hydrogen-bond donors (Lipinski definition) is 7. The summed E-state index contributed by atoms with van der Waals surface area (Å²) in [5, 5.41) is 48.0. The molecule has 4 aliphatic rings. The van der Waals surface area contributed by atoms with E-state index in [0.717, 1.165) is 38.5 Å². The van der Waals surface area contributed by atoms with Crippen LogP contribution in [0.4, 0.5) is 4.79 Å². The molecule has 0 aromatic carbocycles. The molecule has 4 rings (SSSR count). The van der Waals surface area contributed by atoms with Gasteiger partial charge in [0, 0.05) is 13.0 Å². The van der Waals surface area contributed by atoms with E-state index in [-0.39, 0.29) is 77.7 Å². The third-order valence-electron chi connectivity index (χ3n) is 11.9. The second kappa shape index (κ2) is 12.1. The molecule has 0 aliphatic heterocycles. The number of carboxylic acid groups (broad SMARTS) is 1. The summed E-state index contributed by atoms with van der Waals surface area (Å²) in [6.07, 6.45) is 5.94. The number of nitrogens with one attached hydrogen (secondary N) is 2. The number of aliphatic carboxylic acids is 1. The summed E-state index contributed by atoms with van der Waals surface area (Å²) in [5.41, 5.74) is 4.72. The largest absolute Gasteiger partial charge is 0.480 e. The lowest BCUT2D eigenvalue weighted by atomic mass is 9.43. The Balaban J connectivity index is 1.37. The third kappa shape index (κ3) is 5.86. The van der Waals surface area contributed by atoms with E-state index in [1.165, 1.54) is 0 Å². The molecule has 12 atom stereocenters. The maximum absolute atomic E-state index is 12.7. The standard InChI is InChI=1S/C30H51N3O7/c1-16(6-9-25(37)33-22(27(38)39)5-4-12-32-28(31)40)19-7-8-20-26-21(15-24(36)30(19,20)3)29(2)11-10-18(34)13-17(29)14-23(26)35/h16-24,26,34-36H,4-15H2,1-3H3,(H,33,37)(H,38,39)(H3,31,32,40). The van der Waals surface area contributed by atoms with Crippen LogP contribution in [0.1, 0.15) is 91.4 Å². The second-order valence-corrected chi connectivity index (χ2v) is 13.9. The maximum atomic E-state index is 12.7. The molecule has 0 aromatic heterocycles. The predicted octanol–water partition coefficient (Wildman–Crippen LogP) is 2.38. The van der Waals surface area contributed by atoms with Gasteiger partial charge in [-0.2, -0.15) is 0 Å². The van der Waals surface area contributed by atoms with Crippen molar-refractivity contribution in [3.05, 3.63) is 0 Å². The number of carbonyl (C=O) groups excluding carboxylic acids is 2. The van der Waals surface area contributed by atoms with E-state index in [4.69, 9.17) is 5.73 Å². The molecular formula is C30H51N3O7. The summed E-state index contributed by atoms with van der Waals surface area (Å²) in [6.45, 7) is 6.90. The van der Waals surface area contributed by atoms with Gasteiger partial charge in [-0.05, 0) is 111 Å². The Kier molecular flexibility index (Phi) is 9.42. The summed E-state index contributed by atoms with van der Waals surface area (Å²) in [5.74, 6) is -0.168. The van der Waals surface area contributed by atoms with E-state index in [1.807, 2.05) is 0 Å². The van der Waals surface area contributed by atoms with E-state index in [1.54, 1.807) is 0 Å². The molecule has 40 heavy (non-hydrogen) atoms. The highest BCUT2D eigenvalue weighted by Gasteiger charge is 2.65. The van der Waals surface area contributed by atoms with E-state index in [9.17, 15) is 34.8 Å². The van der Waals surface area contributed by atoms with Gasteiger partial charge in [-0.3, -0.25) is 4.79 Å². The van der Waals surface area contributed by atoms with Gasteiger partial charge in [-0.15, -0.1) is 0 Å². The van der Waals surface area contributed by atoms with Gasteiger partial charge in [-0.25, -0.2) is 9.59 Å². The van der Waals surface area contributed by atoms with Gasteiger partial charge < -0.3 is 36.8 Å². The summed E-state index contributed by atoms with van der Waals surface area (Å²) in [6, 6.07) is -1.70. The molecule has 4 fully saturated rings. The monoisotopic (exact) mass is 565 g/mol. The zero-order valence-corrected chi connectivity index (χ0v) is 24.3.